The molecular formula is C19H32O6Si. The van der Waals surface area contributed by atoms with Gasteiger partial charge in [-0.3, -0.25) is 0 Å². The number of aliphatic hydroxyl groups excluding tert-OH is 3. The largest absolute Gasteiger partial charge is 0.414 e. The molecule has 6 nitrogen and oxygen atoms in total. The SMILES string of the molecule is CC(C)(C)[Si](C)(C)OC[C@H]1O[C@H](O)[C@@H](O)[C@@H](OCc2ccccc2)[C@@H]1O. The van der Waals surface area contributed by atoms with Crippen LogP contribution in [0.3, 0.4) is 0 Å². The third-order valence-electron chi connectivity index (χ3n) is 5.36. The first-order valence-corrected chi connectivity index (χ1v) is 11.9. The maximum atomic E-state index is 10.6. The van der Waals surface area contributed by atoms with Crippen LogP contribution in [0.15, 0.2) is 30.3 Å². The van der Waals surface area contributed by atoms with Crippen molar-refractivity contribution >= 4 is 8.32 Å². The van der Waals surface area contributed by atoms with Crippen molar-refractivity contribution in [1.29, 1.82) is 0 Å². The molecule has 1 aromatic carbocycles. The van der Waals surface area contributed by atoms with Crippen molar-refractivity contribution in [3.8, 4) is 0 Å². The van der Waals surface area contributed by atoms with Gasteiger partial charge in [-0.2, -0.15) is 0 Å². The molecule has 2 rings (SSSR count). The van der Waals surface area contributed by atoms with Crippen LogP contribution in [0.2, 0.25) is 18.1 Å². The summed E-state index contributed by atoms with van der Waals surface area (Å²) in [5.41, 5.74) is 0.918. The molecule has 0 aliphatic carbocycles. The summed E-state index contributed by atoms with van der Waals surface area (Å²) in [6.07, 6.45) is -5.55. The molecule has 1 aliphatic rings. The number of ether oxygens (including phenoxy) is 2. The zero-order valence-electron chi connectivity index (χ0n) is 16.3. The van der Waals surface area contributed by atoms with Crippen molar-refractivity contribution in [2.45, 2.75) is 76.2 Å². The van der Waals surface area contributed by atoms with Gasteiger partial charge in [0.25, 0.3) is 0 Å². The minimum Gasteiger partial charge on any atom is -0.414 e. The van der Waals surface area contributed by atoms with Crippen molar-refractivity contribution in [1.82, 2.24) is 0 Å². The van der Waals surface area contributed by atoms with E-state index in [0.29, 0.717) is 0 Å². The van der Waals surface area contributed by atoms with Crippen molar-refractivity contribution in [3.05, 3.63) is 35.9 Å². The van der Waals surface area contributed by atoms with Crippen LogP contribution in [0.25, 0.3) is 0 Å². The average molecular weight is 385 g/mol. The summed E-state index contributed by atoms with van der Waals surface area (Å²) in [6, 6.07) is 9.47. The van der Waals surface area contributed by atoms with Crippen molar-refractivity contribution in [2.24, 2.45) is 0 Å². The average Bonchev–Trinajstić information content (AvgIpc) is 2.57. The lowest BCUT2D eigenvalue weighted by molar-refractivity contribution is -0.295. The second-order valence-corrected chi connectivity index (χ2v) is 13.2. The van der Waals surface area contributed by atoms with Crippen LogP contribution in [0.5, 0.6) is 0 Å². The molecule has 0 radical (unpaired) electrons. The molecule has 1 saturated heterocycles. The van der Waals surface area contributed by atoms with Crippen LogP contribution < -0.4 is 0 Å². The van der Waals surface area contributed by atoms with E-state index in [-0.39, 0.29) is 18.3 Å². The van der Waals surface area contributed by atoms with E-state index in [0.717, 1.165) is 5.56 Å². The second kappa shape index (κ2) is 8.47. The molecule has 0 aromatic heterocycles. The highest BCUT2D eigenvalue weighted by molar-refractivity contribution is 6.74. The van der Waals surface area contributed by atoms with Gasteiger partial charge in [0.15, 0.2) is 14.6 Å². The number of rotatable bonds is 6. The van der Waals surface area contributed by atoms with E-state index in [4.69, 9.17) is 13.9 Å². The molecule has 148 valence electrons. The van der Waals surface area contributed by atoms with Crippen molar-refractivity contribution in [3.63, 3.8) is 0 Å². The third kappa shape index (κ3) is 5.13. The lowest BCUT2D eigenvalue weighted by Gasteiger charge is -2.43. The summed E-state index contributed by atoms with van der Waals surface area (Å²) < 4.78 is 17.2. The first-order chi connectivity index (χ1) is 12.0. The van der Waals surface area contributed by atoms with Crippen LogP contribution in [0.1, 0.15) is 26.3 Å². The molecule has 0 amide bonds. The summed E-state index contributed by atoms with van der Waals surface area (Å²) in [4.78, 5) is 0. The van der Waals surface area contributed by atoms with E-state index in [9.17, 15) is 15.3 Å². The molecule has 26 heavy (non-hydrogen) atoms. The molecule has 1 aromatic rings. The van der Waals surface area contributed by atoms with Gasteiger partial charge in [-0.25, -0.2) is 0 Å². The molecule has 7 heteroatoms. The molecular weight excluding hydrogens is 352 g/mol. The van der Waals surface area contributed by atoms with Crippen LogP contribution in [0, 0.1) is 0 Å². The number of benzene rings is 1. The number of aliphatic hydroxyl groups is 3. The van der Waals surface area contributed by atoms with Crippen LogP contribution in [-0.4, -0.2) is 60.9 Å². The van der Waals surface area contributed by atoms with E-state index >= 15 is 0 Å². The van der Waals surface area contributed by atoms with Gasteiger partial charge in [0.1, 0.15) is 24.4 Å². The van der Waals surface area contributed by atoms with Crippen molar-refractivity contribution < 1.29 is 29.2 Å². The van der Waals surface area contributed by atoms with Gasteiger partial charge < -0.3 is 29.2 Å². The van der Waals surface area contributed by atoms with Crippen LogP contribution in [0.4, 0.5) is 0 Å². The molecule has 1 aliphatic heterocycles. The third-order valence-corrected chi connectivity index (χ3v) is 9.86. The molecule has 5 atom stereocenters. The summed E-state index contributed by atoms with van der Waals surface area (Å²) in [5, 5.41) is 30.8. The summed E-state index contributed by atoms with van der Waals surface area (Å²) in [7, 11) is -2.03. The van der Waals surface area contributed by atoms with E-state index in [1.807, 2.05) is 30.3 Å². The Hall–Kier alpha value is -0.803. The molecule has 0 bridgehead atoms. The Morgan fingerprint density at radius 1 is 1.04 bits per heavy atom. The van der Waals surface area contributed by atoms with Gasteiger partial charge in [-0.05, 0) is 23.7 Å². The number of hydrogen-bond acceptors (Lipinski definition) is 6. The van der Waals surface area contributed by atoms with Gasteiger partial charge in [0.2, 0.25) is 0 Å². The molecule has 0 unspecified atom stereocenters. The fourth-order valence-corrected chi connectivity index (χ4v) is 3.54. The first-order valence-electron chi connectivity index (χ1n) is 9.02. The van der Waals surface area contributed by atoms with E-state index in [1.54, 1.807) is 0 Å². The maximum absolute atomic E-state index is 10.6. The van der Waals surface area contributed by atoms with Gasteiger partial charge in [0, 0.05) is 0 Å². The lowest BCUT2D eigenvalue weighted by Crippen LogP contribution is -2.60. The zero-order valence-corrected chi connectivity index (χ0v) is 17.3. The van der Waals surface area contributed by atoms with Gasteiger partial charge >= 0.3 is 0 Å². The molecule has 1 heterocycles. The number of hydrogen-bond donors (Lipinski definition) is 3. The topological polar surface area (TPSA) is 88.4 Å². The Balaban J connectivity index is 2.00. The molecule has 3 N–H and O–H groups in total. The Morgan fingerprint density at radius 3 is 2.23 bits per heavy atom. The fourth-order valence-electron chi connectivity index (χ4n) is 2.52. The second-order valence-electron chi connectivity index (χ2n) is 8.38. The van der Waals surface area contributed by atoms with E-state index < -0.39 is 39.0 Å². The minimum absolute atomic E-state index is 0.0218. The van der Waals surface area contributed by atoms with E-state index in [2.05, 4.69) is 33.9 Å². The Kier molecular flexibility index (Phi) is 7.01. The quantitative estimate of drug-likeness (QED) is 0.651. The molecule has 0 saturated carbocycles. The highest BCUT2D eigenvalue weighted by atomic mass is 28.4. The molecule has 0 spiro atoms. The Labute approximate surface area is 156 Å². The Morgan fingerprint density at radius 2 is 1.65 bits per heavy atom. The summed E-state index contributed by atoms with van der Waals surface area (Å²) >= 11 is 0. The summed E-state index contributed by atoms with van der Waals surface area (Å²) in [6.45, 7) is 11.0. The van der Waals surface area contributed by atoms with Gasteiger partial charge in [-0.15, -0.1) is 0 Å². The smallest absolute Gasteiger partial charge is 0.192 e. The van der Waals surface area contributed by atoms with Crippen LogP contribution >= 0.6 is 0 Å². The predicted molar refractivity (Wildman–Crippen MR) is 101 cm³/mol. The monoisotopic (exact) mass is 384 g/mol. The van der Waals surface area contributed by atoms with Gasteiger partial charge in [-0.1, -0.05) is 51.1 Å². The first kappa shape index (κ1) is 21.5. The highest BCUT2D eigenvalue weighted by Gasteiger charge is 2.46. The minimum atomic E-state index is -2.03. The zero-order chi connectivity index (χ0) is 19.5. The normalized spacial score (nSPS) is 30.4. The fraction of sp³-hybridized carbons (Fsp3) is 0.684. The summed E-state index contributed by atoms with van der Waals surface area (Å²) in [5.74, 6) is 0. The van der Waals surface area contributed by atoms with E-state index in [1.165, 1.54) is 0 Å². The highest BCUT2D eigenvalue weighted by Crippen LogP contribution is 2.37. The molecule has 1 fully saturated rings. The standard InChI is InChI=1S/C19H32O6Si/c1-19(2,3)26(4,5)24-12-14-15(20)17(16(21)18(22)25-14)23-11-13-9-7-6-8-10-13/h6-10,14-18,20-22H,11-12H2,1-5H3/t14-,15-,16+,17+,18+/m1/s1. The maximum Gasteiger partial charge on any atom is 0.192 e. The Bertz CT molecular complexity index is 559. The van der Waals surface area contributed by atoms with Crippen molar-refractivity contribution in [2.75, 3.05) is 6.61 Å². The van der Waals surface area contributed by atoms with Crippen LogP contribution in [-0.2, 0) is 20.5 Å². The van der Waals surface area contributed by atoms with Gasteiger partial charge in [0.05, 0.1) is 13.2 Å². The predicted octanol–water partition coefficient (Wildman–Crippen LogP) is 2.03. The lowest BCUT2D eigenvalue weighted by atomic mass is 9.99.